The Labute approximate surface area is 207 Å². The number of benzene rings is 3. The Morgan fingerprint density at radius 1 is 0.943 bits per heavy atom. The van der Waals surface area contributed by atoms with E-state index in [4.69, 9.17) is 0 Å². The molecule has 1 N–H and O–H groups in total. The van der Waals surface area contributed by atoms with Crippen LogP contribution in [-0.4, -0.2) is 21.3 Å². The summed E-state index contributed by atoms with van der Waals surface area (Å²) in [6.45, 7) is 4.96. The first-order chi connectivity index (χ1) is 17.1. The second-order valence-corrected chi connectivity index (χ2v) is 9.94. The Hall–Kier alpha value is -3.40. The first-order valence-electron chi connectivity index (χ1n) is 13.0. The van der Waals surface area contributed by atoms with E-state index in [1.54, 1.807) is 0 Å². The zero-order valence-electron chi connectivity index (χ0n) is 20.8. The van der Waals surface area contributed by atoms with E-state index in [0.29, 0.717) is 5.56 Å². The summed E-state index contributed by atoms with van der Waals surface area (Å²) < 4.78 is 2.29. The molecule has 1 aliphatic carbocycles. The first kappa shape index (κ1) is 23.3. The van der Waals surface area contributed by atoms with Gasteiger partial charge in [-0.2, -0.15) is 0 Å². The van der Waals surface area contributed by atoms with Crippen molar-refractivity contribution in [2.75, 3.05) is 0 Å². The van der Waals surface area contributed by atoms with Gasteiger partial charge in [-0.15, -0.1) is 0 Å². The van der Waals surface area contributed by atoms with E-state index in [2.05, 4.69) is 40.9 Å². The fourth-order valence-electron chi connectivity index (χ4n) is 5.82. The van der Waals surface area contributed by atoms with Crippen molar-refractivity contribution >= 4 is 33.3 Å². The summed E-state index contributed by atoms with van der Waals surface area (Å²) in [4.78, 5) is 13.3. The summed E-state index contributed by atoms with van der Waals surface area (Å²) in [6.07, 6.45) is 8.44. The van der Waals surface area contributed by atoms with Crippen LogP contribution in [0.5, 0.6) is 0 Å². The lowest BCUT2D eigenvalue weighted by molar-refractivity contribution is 0.103. The summed E-state index contributed by atoms with van der Waals surface area (Å²) in [5.74, 6) is 0.782. The molecule has 0 spiro atoms. The lowest BCUT2D eigenvalue weighted by atomic mass is 9.85. The number of carbonyl (C=O) groups excluding carboxylic acids is 1. The topological polar surface area (TPSA) is 54.6 Å². The van der Waals surface area contributed by atoms with Crippen LogP contribution in [0.15, 0.2) is 65.8 Å². The number of oxime groups is 1. The molecule has 180 valence electrons. The minimum atomic E-state index is 0.0450. The van der Waals surface area contributed by atoms with Crippen LogP contribution in [-0.2, 0) is 6.54 Å². The molecule has 4 heteroatoms. The molecule has 0 unspecified atom stereocenters. The molecule has 3 aromatic carbocycles. The third-order valence-corrected chi connectivity index (χ3v) is 7.80. The highest BCUT2D eigenvalue weighted by Crippen LogP contribution is 2.33. The van der Waals surface area contributed by atoms with Gasteiger partial charge in [0.05, 0.1) is 5.71 Å². The molecule has 0 atom stereocenters. The van der Waals surface area contributed by atoms with E-state index in [1.807, 2.05) is 43.3 Å². The van der Waals surface area contributed by atoms with Crippen molar-refractivity contribution in [3.63, 3.8) is 0 Å². The Bertz CT molecular complexity index is 1410. The zero-order valence-corrected chi connectivity index (χ0v) is 20.8. The van der Waals surface area contributed by atoms with Gasteiger partial charge in [-0.05, 0) is 68.5 Å². The largest absolute Gasteiger partial charge is 0.411 e. The van der Waals surface area contributed by atoms with Gasteiger partial charge in [0.2, 0.25) is 0 Å². The molecule has 1 heterocycles. The third-order valence-electron chi connectivity index (χ3n) is 7.80. The summed E-state index contributed by atoms with van der Waals surface area (Å²) >= 11 is 0. The van der Waals surface area contributed by atoms with Gasteiger partial charge in [-0.25, -0.2) is 0 Å². The summed E-state index contributed by atoms with van der Waals surface area (Å²) in [6, 6.07) is 20.1. The number of aryl methyl sites for hydroxylation is 2. The predicted molar refractivity (Wildman–Crippen MR) is 144 cm³/mol. The van der Waals surface area contributed by atoms with Crippen LogP contribution in [0.3, 0.4) is 0 Å². The van der Waals surface area contributed by atoms with Gasteiger partial charge in [-0.1, -0.05) is 67.6 Å². The van der Waals surface area contributed by atoms with E-state index in [0.717, 1.165) is 69.5 Å². The van der Waals surface area contributed by atoms with E-state index in [-0.39, 0.29) is 5.78 Å². The van der Waals surface area contributed by atoms with E-state index < -0.39 is 0 Å². The number of ketones is 1. The summed E-state index contributed by atoms with van der Waals surface area (Å²) in [7, 11) is 0. The minimum absolute atomic E-state index is 0.0450. The smallest absolute Gasteiger partial charge is 0.193 e. The minimum Gasteiger partial charge on any atom is -0.411 e. The van der Waals surface area contributed by atoms with Crippen LogP contribution in [0, 0.1) is 12.8 Å². The molecule has 0 amide bonds. The van der Waals surface area contributed by atoms with Crippen molar-refractivity contribution in [3.05, 3.63) is 82.9 Å². The van der Waals surface area contributed by atoms with Crippen LogP contribution in [0.25, 0.3) is 21.8 Å². The van der Waals surface area contributed by atoms with Crippen LogP contribution < -0.4 is 0 Å². The van der Waals surface area contributed by atoms with Crippen molar-refractivity contribution in [2.24, 2.45) is 11.1 Å². The van der Waals surface area contributed by atoms with Crippen molar-refractivity contribution in [2.45, 2.75) is 65.3 Å². The van der Waals surface area contributed by atoms with Crippen LogP contribution in [0.2, 0.25) is 0 Å². The first-order valence-corrected chi connectivity index (χ1v) is 13.0. The van der Waals surface area contributed by atoms with E-state index in [9.17, 15) is 10.0 Å². The SMILES string of the molecule is CCn1c2ccc(C(=O)c3ccccc3C)cc2c2cc(C(CCC3CCCCC3)=NO)ccc21. The maximum absolute atomic E-state index is 13.3. The van der Waals surface area contributed by atoms with E-state index >= 15 is 0 Å². The maximum atomic E-state index is 13.3. The molecule has 1 aromatic heterocycles. The maximum Gasteiger partial charge on any atom is 0.193 e. The molecular weight excluding hydrogens is 432 g/mol. The fraction of sp³-hybridized carbons (Fsp3) is 0.355. The average molecular weight is 467 g/mol. The monoisotopic (exact) mass is 466 g/mol. The third kappa shape index (κ3) is 4.50. The highest BCUT2D eigenvalue weighted by atomic mass is 16.4. The van der Waals surface area contributed by atoms with Gasteiger partial charge in [0.15, 0.2) is 5.78 Å². The van der Waals surface area contributed by atoms with Gasteiger partial charge < -0.3 is 9.77 Å². The number of hydrogen-bond donors (Lipinski definition) is 1. The average Bonchev–Trinajstić information content (AvgIpc) is 3.22. The summed E-state index contributed by atoms with van der Waals surface area (Å²) in [5, 5.41) is 15.7. The molecule has 35 heavy (non-hydrogen) atoms. The van der Waals surface area contributed by atoms with Crippen LogP contribution in [0.4, 0.5) is 0 Å². The molecule has 0 radical (unpaired) electrons. The Morgan fingerprint density at radius 3 is 2.26 bits per heavy atom. The predicted octanol–water partition coefficient (Wildman–Crippen LogP) is 7.89. The molecule has 0 aliphatic heterocycles. The molecule has 1 saturated carbocycles. The molecular formula is C31H34N2O2. The molecule has 5 rings (SSSR count). The quantitative estimate of drug-likeness (QED) is 0.130. The highest BCUT2D eigenvalue weighted by molar-refractivity contribution is 6.16. The lowest BCUT2D eigenvalue weighted by Gasteiger charge is -2.21. The zero-order chi connectivity index (χ0) is 24.4. The number of aromatic nitrogens is 1. The van der Waals surface area contributed by atoms with Crippen molar-refractivity contribution in [3.8, 4) is 0 Å². The number of nitrogens with zero attached hydrogens (tertiary/aromatic N) is 2. The van der Waals surface area contributed by atoms with Gasteiger partial charge in [0.1, 0.15) is 0 Å². The van der Waals surface area contributed by atoms with Crippen molar-refractivity contribution in [1.29, 1.82) is 0 Å². The standard InChI is InChI=1S/C31H34N2O2/c1-3-33-29-17-14-23(28(32-35)16-13-22-10-5-4-6-11-22)19-26(29)27-20-24(15-18-30(27)33)31(34)25-12-8-7-9-21(25)2/h7-9,12,14-15,17-20,22,35H,3-6,10-11,13,16H2,1-2H3. The Balaban J connectivity index is 1.54. The molecule has 4 aromatic rings. The van der Waals surface area contributed by atoms with Gasteiger partial charge in [0.25, 0.3) is 0 Å². The molecule has 4 nitrogen and oxygen atoms in total. The normalized spacial score (nSPS) is 15.2. The Kier molecular flexibility index (Phi) is 6.72. The number of rotatable bonds is 7. The lowest BCUT2D eigenvalue weighted by Crippen LogP contribution is -2.10. The van der Waals surface area contributed by atoms with Gasteiger partial charge in [-0.3, -0.25) is 4.79 Å². The molecule has 1 aliphatic rings. The van der Waals surface area contributed by atoms with Crippen molar-refractivity contribution < 1.29 is 10.0 Å². The Morgan fingerprint density at radius 2 is 1.60 bits per heavy atom. The van der Waals surface area contributed by atoms with Crippen molar-refractivity contribution in [1.82, 2.24) is 4.57 Å². The van der Waals surface area contributed by atoms with Crippen LogP contribution >= 0.6 is 0 Å². The van der Waals surface area contributed by atoms with E-state index in [1.165, 1.54) is 32.1 Å². The highest BCUT2D eigenvalue weighted by Gasteiger charge is 2.18. The number of fused-ring (bicyclic) bond motifs is 3. The second-order valence-electron chi connectivity index (χ2n) is 9.94. The van der Waals surface area contributed by atoms with Gasteiger partial charge >= 0.3 is 0 Å². The molecule has 0 saturated heterocycles. The van der Waals surface area contributed by atoms with Gasteiger partial charge in [0, 0.05) is 45.0 Å². The molecule has 1 fully saturated rings. The molecule has 0 bridgehead atoms. The number of hydrogen-bond acceptors (Lipinski definition) is 3. The summed E-state index contributed by atoms with van der Waals surface area (Å²) in [5.41, 5.74) is 6.38. The van der Waals surface area contributed by atoms with Crippen LogP contribution in [0.1, 0.15) is 78.9 Å². The second kappa shape index (κ2) is 10.1. The number of carbonyl (C=O) groups is 1. The fourth-order valence-corrected chi connectivity index (χ4v) is 5.82.